The van der Waals surface area contributed by atoms with Crippen LogP contribution in [0.3, 0.4) is 0 Å². The second-order valence-electron chi connectivity index (χ2n) is 3.84. The van der Waals surface area contributed by atoms with Gasteiger partial charge in [-0.05, 0) is 0 Å². The Morgan fingerprint density at radius 3 is 2.78 bits per heavy atom. The third-order valence-corrected chi connectivity index (χ3v) is 4.54. The molecule has 1 rings (SSSR count). The SMILES string of the molecule is CCCC[Se]/C(C#Cc1ccccc1)=C\COC. The first-order valence-electron chi connectivity index (χ1n) is 6.25. The number of methoxy groups -OCH3 is 1. The van der Waals surface area contributed by atoms with Crippen LogP contribution in [0.2, 0.25) is 5.32 Å². The molecular formula is C16H20OSe. The van der Waals surface area contributed by atoms with Gasteiger partial charge >= 0.3 is 117 Å². The molecular weight excluding hydrogens is 287 g/mol. The summed E-state index contributed by atoms with van der Waals surface area (Å²) in [4.78, 5) is 0. The molecule has 0 saturated heterocycles. The summed E-state index contributed by atoms with van der Waals surface area (Å²) in [6, 6.07) is 10.1. The van der Waals surface area contributed by atoms with E-state index in [4.69, 9.17) is 4.74 Å². The molecule has 18 heavy (non-hydrogen) atoms. The summed E-state index contributed by atoms with van der Waals surface area (Å²) in [5.41, 5.74) is 1.08. The number of rotatable bonds is 6. The van der Waals surface area contributed by atoms with E-state index in [0.717, 1.165) is 5.56 Å². The number of benzene rings is 1. The van der Waals surface area contributed by atoms with Crippen molar-refractivity contribution in [3.05, 3.63) is 46.4 Å². The molecule has 0 bridgehead atoms. The van der Waals surface area contributed by atoms with Crippen molar-refractivity contribution < 1.29 is 4.74 Å². The molecule has 0 unspecified atom stereocenters. The van der Waals surface area contributed by atoms with Crippen molar-refractivity contribution in [3.63, 3.8) is 0 Å². The van der Waals surface area contributed by atoms with Gasteiger partial charge in [-0.25, -0.2) is 0 Å². The molecule has 1 nitrogen and oxygen atoms in total. The molecule has 0 atom stereocenters. The first-order valence-corrected chi connectivity index (χ1v) is 8.32. The van der Waals surface area contributed by atoms with E-state index < -0.39 is 0 Å². The van der Waals surface area contributed by atoms with Gasteiger partial charge in [-0.15, -0.1) is 0 Å². The van der Waals surface area contributed by atoms with E-state index in [1.807, 2.05) is 30.3 Å². The molecule has 0 aliphatic carbocycles. The fourth-order valence-electron chi connectivity index (χ4n) is 1.29. The van der Waals surface area contributed by atoms with E-state index in [9.17, 15) is 0 Å². The molecule has 0 heterocycles. The number of hydrogen-bond donors (Lipinski definition) is 0. The van der Waals surface area contributed by atoms with Gasteiger partial charge in [0.2, 0.25) is 0 Å². The predicted octanol–water partition coefficient (Wildman–Crippen LogP) is 3.49. The Hall–Kier alpha value is -1.00. The molecule has 0 saturated carbocycles. The summed E-state index contributed by atoms with van der Waals surface area (Å²) in [5.74, 6) is 6.51. The minimum absolute atomic E-state index is 0.482. The van der Waals surface area contributed by atoms with Crippen molar-refractivity contribution in [2.24, 2.45) is 0 Å². The third-order valence-electron chi connectivity index (χ3n) is 2.29. The van der Waals surface area contributed by atoms with Crippen molar-refractivity contribution in [1.82, 2.24) is 0 Å². The first-order chi connectivity index (χ1) is 8.86. The maximum absolute atomic E-state index is 5.10. The van der Waals surface area contributed by atoms with E-state index in [1.54, 1.807) is 7.11 Å². The van der Waals surface area contributed by atoms with E-state index >= 15 is 0 Å². The molecule has 96 valence electrons. The average Bonchev–Trinajstić information content (AvgIpc) is 2.42. The van der Waals surface area contributed by atoms with Crippen LogP contribution in [0.25, 0.3) is 0 Å². The third kappa shape index (κ3) is 6.67. The molecule has 0 fully saturated rings. The van der Waals surface area contributed by atoms with Gasteiger partial charge in [0, 0.05) is 0 Å². The topological polar surface area (TPSA) is 9.23 Å². The molecule has 0 amide bonds. The molecule has 0 aliphatic rings. The van der Waals surface area contributed by atoms with Crippen LogP contribution in [-0.4, -0.2) is 28.7 Å². The molecule has 0 aromatic heterocycles. The van der Waals surface area contributed by atoms with Crippen molar-refractivity contribution in [1.29, 1.82) is 0 Å². The fourth-order valence-corrected chi connectivity index (χ4v) is 3.31. The van der Waals surface area contributed by atoms with Gasteiger partial charge in [-0.3, -0.25) is 0 Å². The fraction of sp³-hybridized carbons (Fsp3) is 0.375. The van der Waals surface area contributed by atoms with Gasteiger partial charge < -0.3 is 0 Å². The van der Waals surface area contributed by atoms with E-state index in [2.05, 4.69) is 24.8 Å². The summed E-state index contributed by atoms with van der Waals surface area (Å²) >= 11 is 0.482. The van der Waals surface area contributed by atoms with Crippen LogP contribution in [0.1, 0.15) is 25.3 Å². The Labute approximate surface area is 117 Å². The normalized spacial score (nSPS) is 10.9. The van der Waals surface area contributed by atoms with Gasteiger partial charge in [0.1, 0.15) is 0 Å². The first kappa shape index (κ1) is 15.1. The second-order valence-corrected chi connectivity index (χ2v) is 6.23. The van der Waals surface area contributed by atoms with Crippen molar-refractivity contribution in [2.75, 3.05) is 13.7 Å². The zero-order valence-corrected chi connectivity index (χ0v) is 12.8. The summed E-state index contributed by atoms with van der Waals surface area (Å²) < 4.78 is 6.35. The van der Waals surface area contributed by atoms with Crippen LogP contribution in [0, 0.1) is 11.8 Å². The van der Waals surface area contributed by atoms with Crippen LogP contribution in [0.4, 0.5) is 0 Å². The summed E-state index contributed by atoms with van der Waals surface area (Å²) in [7, 11) is 1.72. The van der Waals surface area contributed by atoms with Crippen molar-refractivity contribution in [3.8, 4) is 11.8 Å². The summed E-state index contributed by atoms with van der Waals surface area (Å²) in [6.45, 7) is 2.89. The van der Waals surface area contributed by atoms with Crippen LogP contribution in [0.15, 0.2) is 40.9 Å². The molecule has 0 spiro atoms. The minimum atomic E-state index is 0.482. The van der Waals surface area contributed by atoms with Gasteiger partial charge in [0.05, 0.1) is 0 Å². The number of allylic oxidation sites excluding steroid dienone is 1. The standard InChI is InChI=1S/C16H20OSe/c1-3-4-14-18-16(12-13-17-2)11-10-15-8-6-5-7-9-15/h5-9,12H,3-4,13-14H2,1-2H3/b16-12-. The Kier molecular flexibility index (Phi) is 8.34. The average molecular weight is 307 g/mol. The monoisotopic (exact) mass is 308 g/mol. The van der Waals surface area contributed by atoms with Gasteiger partial charge in [-0.2, -0.15) is 0 Å². The van der Waals surface area contributed by atoms with Gasteiger partial charge in [0.25, 0.3) is 0 Å². The molecule has 2 heteroatoms. The van der Waals surface area contributed by atoms with Crippen LogP contribution in [-0.2, 0) is 4.74 Å². The van der Waals surface area contributed by atoms with Gasteiger partial charge in [0.15, 0.2) is 0 Å². The Morgan fingerprint density at radius 1 is 1.33 bits per heavy atom. The molecule has 1 aromatic carbocycles. The number of ether oxygens (including phenoxy) is 1. The van der Waals surface area contributed by atoms with Crippen LogP contribution < -0.4 is 0 Å². The second kappa shape index (κ2) is 9.97. The Morgan fingerprint density at radius 2 is 2.11 bits per heavy atom. The summed E-state index contributed by atoms with van der Waals surface area (Å²) in [6.07, 6.45) is 4.66. The number of hydrogen-bond acceptors (Lipinski definition) is 1. The van der Waals surface area contributed by atoms with E-state index in [1.165, 1.54) is 22.6 Å². The Balaban J connectivity index is 2.63. The molecule has 0 aliphatic heterocycles. The van der Waals surface area contributed by atoms with Gasteiger partial charge in [-0.1, -0.05) is 0 Å². The van der Waals surface area contributed by atoms with E-state index in [0.29, 0.717) is 21.6 Å². The Bertz CT molecular complexity index is 412. The number of unbranched alkanes of at least 4 members (excludes halogenated alkanes) is 1. The predicted molar refractivity (Wildman–Crippen MR) is 78.7 cm³/mol. The van der Waals surface area contributed by atoms with Crippen molar-refractivity contribution in [2.45, 2.75) is 25.1 Å². The molecule has 0 radical (unpaired) electrons. The van der Waals surface area contributed by atoms with E-state index in [-0.39, 0.29) is 0 Å². The maximum atomic E-state index is 5.10. The zero-order valence-electron chi connectivity index (χ0n) is 11.1. The van der Waals surface area contributed by atoms with Crippen molar-refractivity contribution >= 4 is 15.0 Å². The van der Waals surface area contributed by atoms with Crippen LogP contribution in [0.5, 0.6) is 0 Å². The molecule has 0 N–H and O–H groups in total. The quantitative estimate of drug-likeness (QED) is 0.444. The zero-order chi connectivity index (χ0) is 13.1. The van der Waals surface area contributed by atoms with Crippen LogP contribution >= 0.6 is 0 Å². The summed E-state index contributed by atoms with van der Waals surface area (Å²) in [5, 5.41) is 1.27. The molecule has 1 aromatic rings.